The van der Waals surface area contributed by atoms with Gasteiger partial charge >= 0.3 is 0 Å². The van der Waals surface area contributed by atoms with Crippen molar-refractivity contribution in [2.24, 2.45) is 0 Å². The normalized spacial score (nSPS) is 10.7. The molecule has 236 valence electrons. The van der Waals surface area contributed by atoms with Crippen LogP contribution < -0.4 is 18.9 Å². The van der Waals surface area contributed by atoms with E-state index in [0.29, 0.717) is 50.1 Å². The summed E-state index contributed by atoms with van der Waals surface area (Å²) in [4.78, 5) is 6.98. The molecule has 0 saturated carbocycles. The van der Waals surface area contributed by atoms with Crippen molar-refractivity contribution in [2.45, 2.75) is 6.42 Å². The Kier molecular flexibility index (Phi) is 11.0. The van der Waals surface area contributed by atoms with Crippen LogP contribution >= 0.6 is 48.9 Å². The first-order chi connectivity index (χ1) is 21.2. The molecular formula is C33H36N4O4S4. The van der Waals surface area contributed by atoms with Gasteiger partial charge in [0.05, 0.1) is 0 Å². The molecule has 0 saturated heterocycles. The second kappa shape index (κ2) is 14.5. The average Bonchev–Trinajstić information content (AvgIpc) is 2.98. The minimum absolute atomic E-state index is 0.327. The van der Waals surface area contributed by atoms with Crippen LogP contribution in [0.3, 0.4) is 0 Å². The molecule has 0 atom stereocenters. The molecule has 0 bridgehead atoms. The van der Waals surface area contributed by atoms with Crippen molar-refractivity contribution in [1.82, 2.24) is 19.6 Å². The van der Waals surface area contributed by atoms with Crippen LogP contribution in [-0.2, 0) is 6.42 Å². The van der Waals surface area contributed by atoms with E-state index in [4.69, 9.17) is 67.8 Å². The SMILES string of the molecule is CN(C)C(=S)Oc1ccc2ccc(OC(=S)N(C)C)c(Cc3c(OC(=S)N(C)C)ccc4ccc(OC(=S)N(C)C)cc34)c2c1. The Morgan fingerprint density at radius 1 is 0.467 bits per heavy atom. The second-order valence-electron chi connectivity index (χ2n) is 11.1. The second-order valence-corrected chi connectivity index (χ2v) is 12.5. The van der Waals surface area contributed by atoms with Gasteiger partial charge in [0.1, 0.15) is 23.0 Å². The van der Waals surface area contributed by atoms with Gasteiger partial charge in [0.2, 0.25) is 0 Å². The third-order valence-corrected chi connectivity index (χ3v) is 8.54. The van der Waals surface area contributed by atoms with Crippen LogP contribution in [0.2, 0.25) is 0 Å². The summed E-state index contributed by atoms with van der Waals surface area (Å²) in [6, 6.07) is 19.6. The highest BCUT2D eigenvalue weighted by molar-refractivity contribution is 7.80. The number of thiocarbonyl (C=S) groups is 4. The summed E-state index contributed by atoms with van der Waals surface area (Å²) in [7, 11) is 14.7. The minimum Gasteiger partial charge on any atom is -0.432 e. The molecule has 0 aromatic heterocycles. The lowest BCUT2D eigenvalue weighted by Gasteiger charge is -2.22. The van der Waals surface area contributed by atoms with Crippen molar-refractivity contribution < 1.29 is 18.9 Å². The van der Waals surface area contributed by atoms with Gasteiger partial charge in [0.15, 0.2) is 0 Å². The van der Waals surface area contributed by atoms with E-state index in [9.17, 15) is 0 Å². The Labute approximate surface area is 286 Å². The fraction of sp³-hybridized carbons (Fsp3) is 0.273. The van der Waals surface area contributed by atoms with Gasteiger partial charge in [-0.1, -0.05) is 24.3 Å². The maximum Gasteiger partial charge on any atom is 0.264 e. The highest BCUT2D eigenvalue weighted by Crippen LogP contribution is 2.38. The topological polar surface area (TPSA) is 49.9 Å². The molecule has 0 aliphatic rings. The highest BCUT2D eigenvalue weighted by Gasteiger charge is 2.20. The van der Waals surface area contributed by atoms with E-state index in [-0.39, 0.29) is 0 Å². The number of ether oxygens (including phenoxy) is 4. The first kappa shape index (κ1) is 34.0. The van der Waals surface area contributed by atoms with Crippen molar-refractivity contribution >= 4 is 91.1 Å². The Balaban J connectivity index is 1.97. The first-order valence-electron chi connectivity index (χ1n) is 13.9. The van der Waals surface area contributed by atoms with Gasteiger partial charge in [-0.05, 0) is 107 Å². The molecule has 0 radical (unpaired) electrons. The number of fused-ring (bicyclic) bond motifs is 2. The van der Waals surface area contributed by atoms with E-state index in [1.165, 1.54) is 0 Å². The van der Waals surface area contributed by atoms with Crippen molar-refractivity contribution in [1.29, 1.82) is 0 Å². The molecule has 4 aromatic rings. The standard InChI is InChI=1S/C33H36N4O4S4/c1-34(2)30(42)38-22-13-9-20-11-15-28(40-32(44)36(5)6)26(24(20)17-22)19-27-25-18-23(39-31(43)35(3)4)14-10-21(25)12-16-29(27)41-33(45)37(7)8/h9-18H,19H2,1-8H3. The van der Waals surface area contributed by atoms with Gasteiger partial charge < -0.3 is 38.5 Å². The molecule has 0 aliphatic carbocycles. The van der Waals surface area contributed by atoms with E-state index in [1.54, 1.807) is 19.6 Å². The average molecular weight is 681 g/mol. The smallest absolute Gasteiger partial charge is 0.264 e. The summed E-state index contributed by atoms with van der Waals surface area (Å²) in [5.74, 6) is 2.41. The lowest BCUT2D eigenvalue weighted by Crippen LogP contribution is -2.26. The predicted octanol–water partition coefficient (Wildman–Crippen LogP) is 6.49. The molecule has 12 heteroatoms. The third kappa shape index (κ3) is 8.26. The molecular weight excluding hydrogens is 645 g/mol. The number of nitrogens with zero attached hydrogens (tertiary/aromatic N) is 4. The fourth-order valence-corrected chi connectivity index (χ4v) is 4.67. The van der Waals surface area contributed by atoms with Crippen LogP contribution in [0.1, 0.15) is 11.1 Å². The molecule has 0 N–H and O–H groups in total. The van der Waals surface area contributed by atoms with Gasteiger partial charge in [0.25, 0.3) is 20.7 Å². The summed E-state index contributed by atoms with van der Waals surface area (Å²) in [6.07, 6.45) is 0.397. The van der Waals surface area contributed by atoms with Crippen LogP contribution in [0.5, 0.6) is 23.0 Å². The van der Waals surface area contributed by atoms with Gasteiger partial charge in [-0.15, -0.1) is 0 Å². The molecule has 0 unspecified atom stereocenters. The highest BCUT2D eigenvalue weighted by atomic mass is 32.1. The van der Waals surface area contributed by atoms with Crippen molar-refractivity contribution in [3.8, 4) is 23.0 Å². The van der Waals surface area contributed by atoms with Crippen LogP contribution in [-0.4, -0.2) is 96.7 Å². The monoisotopic (exact) mass is 680 g/mol. The maximum absolute atomic E-state index is 6.28. The number of rotatable bonds is 6. The Hall–Kier alpha value is -3.84. The fourth-order valence-electron chi connectivity index (χ4n) is 4.30. The first-order valence-corrected chi connectivity index (χ1v) is 15.6. The third-order valence-electron chi connectivity index (χ3n) is 6.74. The number of hydrogen-bond donors (Lipinski definition) is 0. The van der Waals surface area contributed by atoms with Crippen molar-refractivity contribution in [3.63, 3.8) is 0 Å². The zero-order valence-electron chi connectivity index (χ0n) is 26.5. The number of benzene rings is 4. The van der Waals surface area contributed by atoms with Crippen molar-refractivity contribution in [3.05, 3.63) is 71.8 Å². The molecule has 4 aromatic carbocycles. The largest absolute Gasteiger partial charge is 0.432 e. The van der Waals surface area contributed by atoms with Crippen LogP contribution in [0.25, 0.3) is 21.5 Å². The lowest BCUT2D eigenvalue weighted by molar-refractivity contribution is 0.443. The zero-order chi connectivity index (χ0) is 33.0. The molecule has 8 nitrogen and oxygen atoms in total. The molecule has 0 amide bonds. The van der Waals surface area contributed by atoms with Gasteiger partial charge in [-0.3, -0.25) is 0 Å². The van der Waals surface area contributed by atoms with E-state index >= 15 is 0 Å². The van der Waals surface area contributed by atoms with Crippen LogP contribution in [0.15, 0.2) is 60.7 Å². The van der Waals surface area contributed by atoms with E-state index in [2.05, 4.69) is 0 Å². The summed E-state index contributed by atoms with van der Waals surface area (Å²) in [6.45, 7) is 0. The molecule has 0 spiro atoms. The molecule has 45 heavy (non-hydrogen) atoms. The summed E-state index contributed by atoms with van der Waals surface area (Å²) in [5.41, 5.74) is 1.75. The number of hydrogen-bond acceptors (Lipinski definition) is 8. The Morgan fingerprint density at radius 2 is 0.778 bits per heavy atom. The van der Waals surface area contributed by atoms with Gasteiger partial charge in [-0.2, -0.15) is 0 Å². The minimum atomic E-state index is 0.327. The van der Waals surface area contributed by atoms with E-state index in [0.717, 1.165) is 32.7 Å². The van der Waals surface area contributed by atoms with Crippen LogP contribution in [0.4, 0.5) is 0 Å². The molecule has 4 rings (SSSR count). The lowest BCUT2D eigenvalue weighted by atomic mass is 9.93. The zero-order valence-corrected chi connectivity index (χ0v) is 29.8. The predicted molar refractivity (Wildman–Crippen MR) is 198 cm³/mol. The molecule has 0 fully saturated rings. The molecule has 0 heterocycles. The Bertz CT molecular complexity index is 1650. The maximum atomic E-state index is 6.28. The summed E-state index contributed by atoms with van der Waals surface area (Å²) < 4.78 is 24.6. The van der Waals surface area contributed by atoms with Gasteiger partial charge in [0, 0.05) is 73.9 Å². The summed E-state index contributed by atoms with van der Waals surface area (Å²) >= 11 is 22.0. The molecule has 0 aliphatic heterocycles. The van der Waals surface area contributed by atoms with Gasteiger partial charge in [-0.25, -0.2) is 0 Å². The van der Waals surface area contributed by atoms with E-state index in [1.807, 2.05) is 117 Å². The summed E-state index contributed by atoms with van der Waals surface area (Å²) in [5, 5.41) is 5.15. The van der Waals surface area contributed by atoms with E-state index < -0.39 is 0 Å². The Morgan fingerprint density at radius 3 is 1.11 bits per heavy atom. The van der Waals surface area contributed by atoms with Crippen molar-refractivity contribution in [2.75, 3.05) is 56.4 Å². The van der Waals surface area contributed by atoms with Crippen LogP contribution in [0, 0.1) is 0 Å². The quantitative estimate of drug-likeness (QED) is 0.210.